The number of nitrogens with one attached hydrogen (secondary N) is 2. The highest BCUT2D eigenvalue weighted by molar-refractivity contribution is 5.90. The number of urea groups is 1. The minimum Gasteiger partial charge on any atom is -0.373 e. The van der Waals surface area contributed by atoms with E-state index in [1.807, 2.05) is 25.1 Å². The fourth-order valence-electron chi connectivity index (χ4n) is 2.84. The zero-order chi connectivity index (χ0) is 15.9. The summed E-state index contributed by atoms with van der Waals surface area (Å²) in [4.78, 5) is 14.2. The van der Waals surface area contributed by atoms with Gasteiger partial charge in [-0.15, -0.1) is 0 Å². The molecule has 2 amide bonds. The molecule has 0 bridgehead atoms. The van der Waals surface area contributed by atoms with Gasteiger partial charge in [0, 0.05) is 31.9 Å². The lowest BCUT2D eigenvalue weighted by Crippen LogP contribution is -2.45. The van der Waals surface area contributed by atoms with E-state index in [1.165, 1.54) is 0 Å². The molecule has 1 aromatic carbocycles. The van der Waals surface area contributed by atoms with E-state index in [9.17, 15) is 4.79 Å². The first-order valence-electron chi connectivity index (χ1n) is 8.09. The lowest BCUT2D eigenvalue weighted by molar-refractivity contribution is -0.0704. The highest BCUT2D eigenvalue weighted by Crippen LogP contribution is 2.20. The van der Waals surface area contributed by atoms with Crippen LogP contribution in [0, 0.1) is 0 Å². The molecule has 0 aliphatic carbocycles. The maximum Gasteiger partial charge on any atom is 0.319 e. The fraction of sp³-hybridized carbons (Fsp3) is 0.588. The Kier molecular flexibility index (Phi) is 6.21. The summed E-state index contributed by atoms with van der Waals surface area (Å²) >= 11 is 0. The minimum atomic E-state index is -0.141. The molecule has 2 unspecified atom stereocenters. The van der Waals surface area contributed by atoms with Crippen molar-refractivity contribution in [1.29, 1.82) is 0 Å². The molecule has 2 atom stereocenters. The third-order valence-electron chi connectivity index (χ3n) is 3.69. The van der Waals surface area contributed by atoms with E-state index in [0.717, 1.165) is 37.3 Å². The van der Waals surface area contributed by atoms with Crippen LogP contribution in [0.25, 0.3) is 0 Å². The second-order valence-electron chi connectivity index (χ2n) is 5.99. The molecule has 0 saturated carbocycles. The van der Waals surface area contributed by atoms with E-state index < -0.39 is 0 Å². The van der Waals surface area contributed by atoms with Gasteiger partial charge in [-0.2, -0.15) is 0 Å². The highest BCUT2D eigenvalue weighted by Gasteiger charge is 2.22. The predicted octanol–water partition coefficient (Wildman–Crippen LogP) is 2.83. The van der Waals surface area contributed by atoms with Gasteiger partial charge in [-0.1, -0.05) is 25.1 Å². The van der Waals surface area contributed by atoms with Crippen LogP contribution in [0.2, 0.25) is 0 Å². The Balaban J connectivity index is 2.00. The van der Waals surface area contributed by atoms with Crippen molar-refractivity contribution in [3.05, 3.63) is 29.8 Å². The first-order valence-corrected chi connectivity index (χ1v) is 8.09. The van der Waals surface area contributed by atoms with Gasteiger partial charge in [-0.05, 0) is 31.9 Å². The molecule has 0 spiro atoms. The Labute approximate surface area is 133 Å². The average molecular weight is 305 g/mol. The quantitative estimate of drug-likeness (QED) is 0.879. The van der Waals surface area contributed by atoms with Gasteiger partial charge < -0.3 is 15.4 Å². The van der Waals surface area contributed by atoms with Gasteiger partial charge in [-0.3, -0.25) is 4.90 Å². The molecular formula is C17H27N3O2. The second-order valence-corrected chi connectivity index (χ2v) is 5.99. The number of nitrogens with zero attached hydrogens (tertiary/aromatic N) is 1. The van der Waals surface area contributed by atoms with Gasteiger partial charge in [0.05, 0.1) is 12.2 Å². The normalized spacial score (nSPS) is 22.3. The molecule has 2 N–H and O–H groups in total. The molecular weight excluding hydrogens is 278 g/mol. The lowest BCUT2D eigenvalue weighted by atomic mass is 10.1. The summed E-state index contributed by atoms with van der Waals surface area (Å²) < 4.78 is 5.77. The second kappa shape index (κ2) is 8.15. The standard InChI is InChI=1S/C17H27N3O2/c1-4-9-18-17(21)19-16-8-6-5-7-15(16)12-20-10-13(2)22-14(3)11-20/h5-8,13-14H,4,9-12H2,1-3H3,(H2,18,19,21). The molecule has 1 fully saturated rings. The number of rotatable bonds is 5. The largest absolute Gasteiger partial charge is 0.373 e. The number of morpholine rings is 1. The third kappa shape index (κ3) is 5.00. The van der Waals surface area contributed by atoms with Crippen molar-refractivity contribution in [3.8, 4) is 0 Å². The van der Waals surface area contributed by atoms with E-state index in [2.05, 4.69) is 35.4 Å². The van der Waals surface area contributed by atoms with Crippen LogP contribution in [0.1, 0.15) is 32.8 Å². The molecule has 2 rings (SSSR count). The topological polar surface area (TPSA) is 53.6 Å². The van der Waals surface area contributed by atoms with Crippen LogP contribution in [0.4, 0.5) is 10.5 Å². The zero-order valence-electron chi connectivity index (χ0n) is 13.8. The maximum atomic E-state index is 11.9. The molecule has 5 heteroatoms. The van der Waals surface area contributed by atoms with Crippen LogP contribution in [-0.4, -0.2) is 42.8 Å². The number of benzene rings is 1. The average Bonchev–Trinajstić information content (AvgIpc) is 2.46. The van der Waals surface area contributed by atoms with Gasteiger partial charge >= 0.3 is 6.03 Å². The van der Waals surface area contributed by atoms with E-state index in [-0.39, 0.29) is 18.2 Å². The number of carbonyl (C=O) groups is 1. The van der Waals surface area contributed by atoms with Gasteiger partial charge in [0.15, 0.2) is 0 Å². The predicted molar refractivity (Wildman–Crippen MR) is 89.0 cm³/mol. The first kappa shape index (κ1) is 16.8. The van der Waals surface area contributed by atoms with Crippen molar-refractivity contribution < 1.29 is 9.53 Å². The molecule has 5 nitrogen and oxygen atoms in total. The van der Waals surface area contributed by atoms with Crippen LogP contribution in [0.3, 0.4) is 0 Å². The van der Waals surface area contributed by atoms with Crippen molar-refractivity contribution in [2.45, 2.75) is 45.9 Å². The summed E-state index contributed by atoms with van der Waals surface area (Å²) in [7, 11) is 0. The summed E-state index contributed by atoms with van der Waals surface area (Å²) in [6, 6.07) is 7.84. The Morgan fingerprint density at radius 1 is 1.27 bits per heavy atom. The summed E-state index contributed by atoms with van der Waals surface area (Å²) in [5.41, 5.74) is 2.01. The number of amides is 2. The maximum absolute atomic E-state index is 11.9. The fourth-order valence-corrected chi connectivity index (χ4v) is 2.84. The summed E-state index contributed by atoms with van der Waals surface area (Å²) in [6.07, 6.45) is 1.42. The van der Waals surface area contributed by atoms with Gasteiger partial charge in [-0.25, -0.2) is 4.79 Å². The number of hydrogen-bond acceptors (Lipinski definition) is 3. The number of ether oxygens (including phenoxy) is 1. The van der Waals surface area contributed by atoms with E-state index >= 15 is 0 Å². The Hall–Kier alpha value is -1.59. The summed E-state index contributed by atoms with van der Waals surface area (Å²) in [6.45, 7) is 9.58. The number of anilines is 1. The molecule has 1 aliphatic rings. The van der Waals surface area contributed by atoms with Crippen LogP contribution >= 0.6 is 0 Å². The van der Waals surface area contributed by atoms with Crippen molar-refractivity contribution in [1.82, 2.24) is 10.2 Å². The van der Waals surface area contributed by atoms with E-state index in [4.69, 9.17) is 4.74 Å². The van der Waals surface area contributed by atoms with Crippen molar-refractivity contribution in [2.75, 3.05) is 25.0 Å². The number of carbonyl (C=O) groups excluding carboxylic acids is 1. The molecule has 1 aromatic rings. The summed E-state index contributed by atoms with van der Waals surface area (Å²) in [5.74, 6) is 0. The molecule has 0 aromatic heterocycles. The summed E-state index contributed by atoms with van der Waals surface area (Å²) in [5, 5.41) is 5.79. The lowest BCUT2D eigenvalue weighted by Gasteiger charge is -2.35. The molecule has 1 aliphatic heterocycles. The van der Waals surface area contributed by atoms with Gasteiger partial charge in [0.1, 0.15) is 0 Å². The van der Waals surface area contributed by atoms with Crippen molar-refractivity contribution in [3.63, 3.8) is 0 Å². The first-order chi connectivity index (χ1) is 10.6. The van der Waals surface area contributed by atoms with Gasteiger partial charge in [0.25, 0.3) is 0 Å². The van der Waals surface area contributed by atoms with Crippen LogP contribution < -0.4 is 10.6 Å². The number of para-hydroxylation sites is 1. The van der Waals surface area contributed by atoms with Crippen LogP contribution in [0.15, 0.2) is 24.3 Å². The Morgan fingerprint density at radius 2 is 1.95 bits per heavy atom. The third-order valence-corrected chi connectivity index (χ3v) is 3.69. The van der Waals surface area contributed by atoms with E-state index in [0.29, 0.717) is 6.54 Å². The van der Waals surface area contributed by atoms with Crippen molar-refractivity contribution >= 4 is 11.7 Å². The molecule has 122 valence electrons. The van der Waals surface area contributed by atoms with Gasteiger partial charge in [0.2, 0.25) is 0 Å². The van der Waals surface area contributed by atoms with Crippen molar-refractivity contribution in [2.24, 2.45) is 0 Å². The van der Waals surface area contributed by atoms with E-state index in [1.54, 1.807) is 0 Å². The highest BCUT2D eigenvalue weighted by atomic mass is 16.5. The molecule has 1 saturated heterocycles. The molecule has 0 radical (unpaired) electrons. The van der Waals surface area contributed by atoms with Crippen LogP contribution in [0.5, 0.6) is 0 Å². The zero-order valence-corrected chi connectivity index (χ0v) is 13.8. The number of hydrogen-bond donors (Lipinski definition) is 2. The smallest absolute Gasteiger partial charge is 0.319 e. The Morgan fingerprint density at radius 3 is 2.64 bits per heavy atom. The Bertz CT molecular complexity index is 483. The SMILES string of the molecule is CCCNC(=O)Nc1ccccc1CN1CC(C)OC(C)C1. The molecule has 1 heterocycles. The van der Waals surface area contributed by atoms with Crippen LogP contribution in [-0.2, 0) is 11.3 Å². The minimum absolute atomic E-state index is 0.141. The molecule has 22 heavy (non-hydrogen) atoms. The monoisotopic (exact) mass is 305 g/mol.